The predicted molar refractivity (Wildman–Crippen MR) is 104 cm³/mol. The van der Waals surface area contributed by atoms with Crippen molar-refractivity contribution in [1.29, 1.82) is 0 Å². The van der Waals surface area contributed by atoms with Crippen molar-refractivity contribution in [1.82, 2.24) is 15.5 Å². The summed E-state index contributed by atoms with van der Waals surface area (Å²) >= 11 is 0. The third-order valence-corrected chi connectivity index (χ3v) is 5.12. The van der Waals surface area contributed by atoms with E-state index in [9.17, 15) is 8.42 Å². The predicted octanol–water partition coefficient (Wildman–Crippen LogP) is 0.723. The first-order valence-electron chi connectivity index (χ1n) is 9.33. The van der Waals surface area contributed by atoms with Gasteiger partial charge in [0.15, 0.2) is 5.96 Å². The van der Waals surface area contributed by atoms with Gasteiger partial charge in [-0.15, -0.1) is 0 Å². The Morgan fingerprint density at radius 1 is 1.24 bits per heavy atom. The molecule has 0 amide bonds. The Morgan fingerprint density at radius 3 is 2.48 bits per heavy atom. The first-order valence-corrected chi connectivity index (χ1v) is 11.4. The van der Waals surface area contributed by atoms with Gasteiger partial charge < -0.3 is 15.4 Å². The van der Waals surface area contributed by atoms with E-state index < -0.39 is 9.84 Å². The highest BCUT2D eigenvalue weighted by atomic mass is 32.2. The minimum atomic E-state index is -2.91. The number of aliphatic imine (C=N–C) groups is 1. The Balaban J connectivity index is 2.57. The molecule has 0 radical (unpaired) electrons. The summed E-state index contributed by atoms with van der Waals surface area (Å²) in [7, 11) is -2.91. The van der Waals surface area contributed by atoms with Crippen LogP contribution in [-0.2, 0) is 14.6 Å². The molecule has 2 N–H and O–H groups in total. The van der Waals surface area contributed by atoms with Gasteiger partial charge in [0.2, 0.25) is 0 Å². The van der Waals surface area contributed by atoms with Crippen molar-refractivity contribution in [3.8, 4) is 0 Å². The van der Waals surface area contributed by atoms with Crippen molar-refractivity contribution in [3.63, 3.8) is 0 Å². The summed E-state index contributed by atoms with van der Waals surface area (Å²) < 4.78 is 27.9. The van der Waals surface area contributed by atoms with E-state index in [0.29, 0.717) is 24.9 Å². The van der Waals surface area contributed by atoms with E-state index in [1.165, 1.54) is 6.26 Å². The van der Waals surface area contributed by atoms with Crippen LogP contribution in [0.1, 0.15) is 33.6 Å². The fourth-order valence-electron chi connectivity index (χ4n) is 2.91. The van der Waals surface area contributed by atoms with E-state index in [4.69, 9.17) is 9.73 Å². The average Bonchev–Trinajstić information content (AvgIpc) is 2.54. The molecule has 0 bridgehead atoms. The maximum absolute atomic E-state index is 11.2. The molecule has 0 aromatic carbocycles. The van der Waals surface area contributed by atoms with Crippen LogP contribution in [0.15, 0.2) is 4.99 Å². The summed E-state index contributed by atoms with van der Waals surface area (Å²) in [6, 6.07) is 0.412. The summed E-state index contributed by atoms with van der Waals surface area (Å²) in [5, 5.41) is 6.47. The Labute approximate surface area is 153 Å². The lowest BCUT2D eigenvalue weighted by Crippen LogP contribution is -2.46. The maximum Gasteiger partial charge on any atom is 0.191 e. The van der Waals surface area contributed by atoms with Crippen molar-refractivity contribution in [3.05, 3.63) is 0 Å². The molecule has 0 aromatic heterocycles. The van der Waals surface area contributed by atoms with Crippen LogP contribution in [0.4, 0.5) is 0 Å². The van der Waals surface area contributed by atoms with Crippen LogP contribution in [-0.4, -0.2) is 83.3 Å². The Bertz CT molecular complexity index is 488. The number of morpholine rings is 1. The molecule has 1 saturated heterocycles. The number of hydrogen-bond acceptors (Lipinski definition) is 5. The van der Waals surface area contributed by atoms with Crippen LogP contribution in [0.3, 0.4) is 0 Å². The molecule has 1 fully saturated rings. The Morgan fingerprint density at radius 2 is 1.92 bits per heavy atom. The molecule has 0 saturated carbocycles. The van der Waals surface area contributed by atoms with Crippen molar-refractivity contribution in [2.75, 3.05) is 57.9 Å². The van der Waals surface area contributed by atoms with Gasteiger partial charge in [0, 0.05) is 38.5 Å². The molecule has 0 aromatic rings. The quantitative estimate of drug-likeness (QED) is 0.332. The lowest BCUT2D eigenvalue weighted by molar-refractivity contribution is 0.0143. The molecule has 1 atom stereocenters. The summed E-state index contributed by atoms with van der Waals surface area (Å²) in [6.45, 7) is 12.1. The lowest BCUT2D eigenvalue weighted by atomic mass is 10.0. The smallest absolute Gasteiger partial charge is 0.191 e. The zero-order valence-electron chi connectivity index (χ0n) is 16.3. The van der Waals surface area contributed by atoms with Crippen LogP contribution in [0.2, 0.25) is 0 Å². The van der Waals surface area contributed by atoms with E-state index in [1.54, 1.807) is 0 Å². The van der Waals surface area contributed by atoms with Crippen molar-refractivity contribution in [2.24, 2.45) is 10.9 Å². The topological polar surface area (TPSA) is 83.0 Å². The summed E-state index contributed by atoms with van der Waals surface area (Å²) in [4.78, 5) is 7.21. The summed E-state index contributed by atoms with van der Waals surface area (Å²) in [6.07, 6.45) is 2.96. The third-order valence-electron chi connectivity index (χ3n) is 4.09. The normalized spacial score (nSPS) is 18.4. The van der Waals surface area contributed by atoms with Crippen LogP contribution < -0.4 is 10.6 Å². The monoisotopic (exact) mass is 376 g/mol. The van der Waals surface area contributed by atoms with Crippen LogP contribution in [0.25, 0.3) is 0 Å². The molecule has 7 nitrogen and oxygen atoms in total. The van der Waals surface area contributed by atoms with E-state index in [-0.39, 0.29) is 5.75 Å². The van der Waals surface area contributed by atoms with Gasteiger partial charge in [-0.2, -0.15) is 0 Å². The number of rotatable bonds is 10. The highest BCUT2D eigenvalue weighted by Crippen LogP contribution is 2.14. The molecule has 8 heteroatoms. The van der Waals surface area contributed by atoms with Gasteiger partial charge in [-0.05, 0) is 25.7 Å². The standard InChI is InChI=1S/C17H36N4O3S/c1-5-18-17(19-7-6-12-25(4,22)23)20-14-16(13-15(2)3)21-8-10-24-11-9-21/h15-16H,5-14H2,1-4H3,(H2,18,19,20). The molecule has 1 heterocycles. The van der Waals surface area contributed by atoms with Crippen LogP contribution >= 0.6 is 0 Å². The van der Waals surface area contributed by atoms with E-state index in [2.05, 4.69) is 29.4 Å². The van der Waals surface area contributed by atoms with Crippen LogP contribution in [0.5, 0.6) is 0 Å². The number of nitrogens with one attached hydrogen (secondary N) is 2. The second-order valence-corrected chi connectivity index (χ2v) is 9.32. The molecular formula is C17H36N4O3S. The number of guanidine groups is 1. The van der Waals surface area contributed by atoms with Gasteiger partial charge in [0.05, 0.1) is 25.5 Å². The Kier molecular flexibility index (Phi) is 10.4. The number of ether oxygens (including phenoxy) is 1. The Hall–Kier alpha value is -0.860. The molecule has 0 spiro atoms. The zero-order valence-corrected chi connectivity index (χ0v) is 17.1. The molecule has 25 heavy (non-hydrogen) atoms. The highest BCUT2D eigenvalue weighted by molar-refractivity contribution is 7.90. The fraction of sp³-hybridized carbons (Fsp3) is 0.941. The number of hydrogen-bond donors (Lipinski definition) is 2. The average molecular weight is 377 g/mol. The number of nitrogens with zero attached hydrogens (tertiary/aromatic N) is 2. The molecular weight excluding hydrogens is 340 g/mol. The van der Waals surface area contributed by atoms with Gasteiger partial charge in [-0.1, -0.05) is 13.8 Å². The van der Waals surface area contributed by atoms with E-state index in [0.717, 1.165) is 51.8 Å². The molecule has 1 aliphatic rings. The van der Waals surface area contributed by atoms with E-state index in [1.807, 2.05) is 6.92 Å². The first-order chi connectivity index (χ1) is 11.8. The van der Waals surface area contributed by atoms with Gasteiger partial charge in [-0.25, -0.2) is 8.42 Å². The second-order valence-electron chi connectivity index (χ2n) is 7.06. The number of sulfone groups is 1. The maximum atomic E-state index is 11.2. The van der Waals surface area contributed by atoms with Crippen molar-refractivity contribution >= 4 is 15.8 Å². The third kappa shape index (κ3) is 10.7. The van der Waals surface area contributed by atoms with Crippen molar-refractivity contribution in [2.45, 2.75) is 39.7 Å². The largest absolute Gasteiger partial charge is 0.379 e. The minimum absolute atomic E-state index is 0.198. The van der Waals surface area contributed by atoms with Gasteiger partial charge in [0.1, 0.15) is 9.84 Å². The molecule has 148 valence electrons. The molecule has 1 aliphatic heterocycles. The fourth-order valence-corrected chi connectivity index (χ4v) is 3.57. The minimum Gasteiger partial charge on any atom is -0.379 e. The lowest BCUT2D eigenvalue weighted by Gasteiger charge is -2.34. The molecule has 0 aliphatic carbocycles. The zero-order chi connectivity index (χ0) is 18.7. The van der Waals surface area contributed by atoms with E-state index >= 15 is 0 Å². The summed E-state index contributed by atoms with van der Waals surface area (Å²) in [5.41, 5.74) is 0. The highest BCUT2D eigenvalue weighted by Gasteiger charge is 2.21. The van der Waals surface area contributed by atoms with Gasteiger partial charge in [0.25, 0.3) is 0 Å². The first kappa shape index (κ1) is 22.2. The summed E-state index contributed by atoms with van der Waals surface area (Å²) in [5.74, 6) is 1.58. The van der Waals surface area contributed by atoms with Crippen LogP contribution in [0, 0.1) is 5.92 Å². The molecule has 1 unspecified atom stereocenters. The second kappa shape index (κ2) is 11.7. The molecule has 1 rings (SSSR count). The van der Waals surface area contributed by atoms with Gasteiger partial charge >= 0.3 is 0 Å². The SMILES string of the molecule is CCNC(=NCC(CC(C)C)N1CCOCC1)NCCCS(C)(=O)=O. The van der Waals surface area contributed by atoms with Gasteiger partial charge in [-0.3, -0.25) is 9.89 Å². The van der Waals surface area contributed by atoms with Crippen molar-refractivity contribution < 1.29 is 13.2 Å².